The molecule has 0 saturated carbocycles. The number of benzene rings is 1. The van der Waals surface area contributed by atoms with Crippen LogP contribution in [0.15, 0.2) is 47.9 Å². The Morgan fingerprint density at radius 3 is 2.30 bits per heavy atom. The number of unbranched alkanes of at least 4 members (excludes halogenated alkanes) is 9. The summed E-state index contributed by atoms with van der Waals surface area (Å²) in [5.74, 6) is 3.41. The van der Waals surface area contributed by atoms with Crippen LogP contribution in [0.4, 0.5) is 5.82 Å². The number of nitrogen functional groups attached to an aromatic ring is 1. The van der Waals surface area contributed by atoms with Crippen LogP contribution in [0.2, 0.25) is 0 Å². The smallest absolute Gasteiger partial charge is 0.353 e. The highest BCUT2D eigenvalue weighted by Crippen LogP contribution is 2.49. The number of anilines is 1. The highest BCUT2D eigenvalue weighted by molar-refractivity contribution is 8.32. The summed E-state index contributed by atoms with van der Waals surface area (Å²) in [7, 11) is -4.45. The molecule has 3 rings (SSSR count). The number of nitrogens with zero attached hydrogens (tertiary/aromatic N) is 4. The molecule has 242 valence electrons. The van der Waals surface area contributed by atoms with Crippen molar-refractivity contribution in [3.8, 4) is 0 Å². The van der Waals surface area contributed by atoms with Gasteiger partial charge in [0, 0.05) is 5.75 Å². The van der Waals surface area contributed by atoms with Crippen molar-refractivity contribution in [2.45, 2.75) is 88.7 Å². The van der Waals surface area contributed by atoms with E-state index in [1.54, 1.807) is 22.7 Å². The summed E-state index contributed by atoms with van der Waals surface area (Å²) < 4.78 is 25.0. The number of fused-ring (bicyclic) bond motifs is 1. The number of rotatable bonds is 23. The van der Waals surface area contributed by atoms with Gasteiger partial charge in [-0.05, 0) is 48.7 Å². The first-order valence-electron chi connectivity index (χ1n) is 15.5. The second kappa shape index (κ2) is 19.0. The van der Waals surface area contributed by atoms with Crippen molar-refractivity contribution in [2.75, 3.05) is 48.5 Å². The summed E-state index contributed by atoms with van der Waals surface area (Å²) in [4.78, 5) is 24.0. The third-order valence-electron chi connectivity index (χ3n) is 7.50. The van der Waals surface area contributed by atoms with Gasteiger partial charge in [0.25, 0.3) is 0 Å². The van der Waals surface area contributed by atoms with Crippen LogP contribution in [0.5, 0.6) is 0 Å². The summed E-state index contributed by atoms with van der Waals surface area (Å²) in [5, 5.41) is 0. The number of nitrogens with two attached hydrogens (primary N) is 1. The van der Waals surface area contributed by atoms with E-state index in [1.165, 1.54) is 81.2 Å². The largest absolute Gasteiger partial charge is 0.382 e. The highest BCUT2D eigenvalue weighted by atomic mass is 32.3. The van der Waals surface area contributed by atoms with Crippen LogP contribution in [-0.2, 0) is 20.4 Å². The maximum atomic E-state index is 12.3. The Labute approximate surface area is 264 Å². The number of aromatic nitrogens is 4. The van der Waals surface area contributed by atoms with Crippen LogP contribution in [-0.4, -0.2) is 73.2 Å². The fraction of sp³-hybridized carbons (Fsp3) is 0.645. The van der Waals surface area contributed by atoms with Gasteiger partial charge in [0.2, 0.25) is 0 Å². The number of thioether (sulfide) groups is 1. The van der Waals surface area contributed by atoms with Crippen LogP contribution in [0.1, 0.15) is 71.1 Å². The molecule has 9 nitrogen and oxygen atoms in total. The molecule has 0 fully saturated rings. The van der Waals surface area contributed by atoms with E-state index in [9.17, 15) is 9.46 Å². The van der Waals surface area contributed by atoms with Crippen molar-refractivity contribution in [1.82, 2.24) is 19.5 Å². The average molecular weight is 654 g/mol. The van der Waals surface area contributed by atoms with Crippen molar-refractivity contribution in [1.29, 1.82) is 0 Å². The van der Waals surface area contributed by atoms with E-state index in [1.807, 2.05) is 6.92 Å². The molecule has 0 saturated heterocycles. The van der Waals surface area contributed by atoms with Crippen molar-refractivity contribution in [3.63, 3.8) is 0 Å². The Hall–Kier alpha value is -1.62. The minimum absolute atomic E-state index is 0.240. The molecule has 1 unspecified atom stereocenters. The van der Waals surface area contributed by atoms with E-state index in [4.69, 9.17) is 15.0 Å². The van der Waals surface area contributed by atoms with Gasteiger partial charge in [-0.15, -0.1) is 0 Å². The van der Waals surface area contributed by atoms with Gasteiger partial charge in [-0.2, -0.15) is 11.8 Å². The molecule has 2 atom stereocenters. The van der Waals surface area contributed by atoms with Gasteiger partial charge in [0.05, 0.1) is 25.6 Å². The summed E-state index contributed by atoms with van der Waals surface area (Å²) in [6, 6.07) is 11.0. The zero-order valence-corrected chi connectivity index (χ0v) is 28.8. The first-order valence-corrected chi connectivity index (χ1v) is 21.0. The van der Waals surface area contributed by atoms with Crippen LogP contribution < -0.4 is 5.73 Å². The minimum atomic E-state index is -3.80. The molecule has 0 amide bonds. The molecule has 0 aliphatic carbocycles. The zero-order valence-electron chi connectivity index (χ0n) is 26.2. The molecule has 0 radical (unpaired) electrons. The van der Waals surface area contributed by atoms with Gasteiger partial charge in [-0.3, -0.25) is 4.57 Å². The fourth-order valence-electron chi connectivity index (χ4n) is 4.95. The molecule has 1 aromatic carbocycles. The van der Waals surface area contributed by atoms with E-state index in [0.29, 0.717) is 29.3 Å². The lowest BCUT2D eigenvalue weighted by Gasteiger charge is -2.31. The molecule has 2 aromatic heterocycles. The number of hydrogen-bond acceptors (Lipinski definition) is 8. The van der Waals surface area contributed by atoms with Gasteiger partial charge in [0.1, 0.15) is 18.2 Å². The summed E-state index contributed by atoms with van der Waals surface area (Å²) in [6.45, 7) is 2.48. The number of hydrogen-bond donors (Lipinski definition) is 2. The van der Waals surface area contributed by atoms with E-state index in [0.717, 1.165) is 5.75 Å². The molecule has 3 aromatic rings. The Kier molecular flexibility index (Phi) is 15.9. The van der Waals surface area contributed by atoms with Crippen LogP contribution in [0.3, 0.4) is 0 Å². The molecule has 0 aliphatic rings. The van der Waals surface area contributed by atoms with Gasteiger partial charge < -0.3 is 24.5 Å². The predicted molar refractivity (Wildman–Crippen MR) is 183 cm³/mol. The van der Waals surface area contributed by atoms with Gasteiger partial charge in [-0.1, -0.05) is 81.7 Å². The number of ether oxygens (including phenoxy) is 1. The normalized spacial score (nSPS) is 14.6. The Morgan fingerprint density at radius 1 is 0.953 bits per heavy atom. The van der Waals surface area contributed by atoms with Gasteiger partial charge in [-0.25, -0.2) is 25.0 Å². The lowest BCUT2D eigenvalue weighted by Crippen LogP contribution is -2.17. The molecule has 0 aliphatic heterocycles. The first kappa shape index (κ1) is 35.9. The number of imidazole rings is 1. The van der Waals surface area contributed by atoms with Crippen molar-refractivity contribution < 1.29 is 18.7 Å². The Balaban J connectivity index is 1.10. The summed E-state index contributed by atoms with van der Waals surface area (Å²) in [6.07, 6.45) is 20.4. The standard InChI is InChI=1S/C31H52N5O4PS2/c1-27(23-36-25-35-29-30(32)33-24-34-31(29)36)39-26-41(37,38)40-19-21-42-20-15-10-8-6-4-5-7-9-11-16-22-43(2,3)28-17-13-12-14-18-28/h12-14,17-18,24-25,27H,4-11,15-16,19-23,26H2,1-3H3,(H,37,38)(H2,32,33,34)/t27-/m1/s1. The van der Waals surface area contributed by atoms with Crippen LogP contribution in [0.25, 0.3) is 11.2 Å². The molecule has 0 spiro atoms. The second-order valence-electron chi connectivity index (χ2n) is 11.6. The lowest BCUT2D eigenvalue weighted by atomic mass is 10.1. The van der Waals surface area contributed by atoms with Gasteiger partial charge in [0.15, 0.2) is 11.5 Å². The maximum absolute atomic E-state index is 12.3. The Bertz CT molecular complexity index is 1250. The van der Waals surface area contributed by atoms with E-state index >= 15 is 0 Å². The van der Waals surface area contributed by atoms with Gasteiger partial charge >= 0.3 is 7.60 Å². The summed E-state index contributed by atoms with van der Waals surface area (Å²) >= 11 is 1.77. The van der Waals surface area contributed by atoms with Crippen molar-refractivity contribution in [3.05, 3.63) is 43.0 Å². The van der Waals surface area contributed by atoms with E-state index < -0.39 is 17.6 Å². The second-order valence-corrected chi connectivity index (χ2v) is 18.6. The molecule has 2 heterocycles. The Morgan fingerprint density at radius 2 is 1.60 bits per heavy atom. The topological polar surface area (TPSA) is 125 Å². The van der Waals surface area contributed by atoms with Crippen LogP contribution in [0, 0.1) is 0 Å². The molecule has 3 N–H and O–H groups in total. The fourth-order valence-corrected chi connectivity index (χ4v) is 8.84. The quantitative estimate of drug-likeness (QED) is 0.0781. The zero-order chi connectivity index (χ0) is 31.0. The summed E-state index contributed by atoms with van der Waals surface area (Å²) in [5.41, 5.74) is 6.95. The molecular formula is C31H52N5O4PS2. The highest BCUT2D eigenvalue weighted by Gasteiger charge is 2.22. The van der Waals surface area contributed by atoms with E-state index in [2.05, 4.69) is 57.8 Å². The first-order chi connectivity index (χ1) is 20.7. The monoisotopic (exact) mass is 653 g/mol. The molecule has 12 heteroatoms. The molecule has 0 bridgehead atoms. The minimum Gasteiger partial charge on any atom is -0.382 e. The average Bonchev–Trinajstić information content (AvgIpc) is 3.40. The van der Waals surface area contributed by atoms with Crippen molar-refractivity contribution in [2.24, 2.45) is 0 Å². The third kappa shape index (κ3) is 13.5. The molecular weight excluding hydrogens is 601 g/mol. The maximum Gasteiger partial charge on any atom is 0.353 e. The lowest BCUT2D eigenvalue weighted by molar-refractivity contribution is 0.0724. The van der Waals surface area contributed by atoms with Crippen LogP contribution >= 0.6 is 29.4 Å². The SMILES string of the molecule is C[C@H](Cn1cnc2c(N)ncnc21)OCP(=O)(O)OCCSCCCCCCCCCCCCS(C)(C)c1ccccc1. The van der Waals surface area contributed by atoms with Crippen molar-refractivity contribution >= 4 is 46.4 Å². The molecule has 43 heavy (non-hydrogen) atoms. The third-order valence-corrected chi connectivity index (χ3v) is 12.5. The predicted octanol–water partition coefficient (Wildman–Crippen LogP) is 7.73. The van der Waals surface area contributed by atoms with E-state index in [-0.39, 0.29) is 19.1 Å².